The Morgan fingerprint density at radius 1 is 1.61 bits per heavy atom. The molecule has 0 radical (unpaired) electrons. The van der Waals surface area contributed by atoms with Crippen molar-refractivity contribution in [3.05, 3.63) is 22.5 Å². The molecular formula is C9H12N4O4S. The first-order chi connectivity index (χ1) is 8.43. The molecule has 0 aromatic carbocycles. The van der Waals surface area contributed by atoms with Gasteiger partial charge in [0, 0.05) is 13.2 Å². The first-order valence-electron chi connectivity index (χ1n) is 4.99. The Morgan fingerprint density at radius 3 is 2.83 bits per heavy atom. The van der Waals surface area contributed by atoms with E-state index in [1.807, 2.05) is 0 Å². The number of nitrogens with zero attached hydrogens (tertiary/aromatic N) is 2. The van der Waals surface area contributed by atoms with Gasteiger partial charge in [-0.2, -0.15) is 0 Å². The normalized spacial score (nSPS) is 9.67. The zero-order chi connectivity index (χ0) is 13.7. The summed E-state index contributed by atoms with van der Waals surface area (Å²) in [5.41, 5.74) is 0.0646. The van der Waals surface area contributed by atoms with Crippen molar-refractivity contribution in [1.29, 1.82) is 0 Å². The molecule has 0 saturated heterocycles. The fourth-order valence-electron chi connectivity index (χ4n) is 1.22. The molecule has 0 aliphatic carbocycles. The third-order valence-electron chi connectivity index (χ3n) is 1.87. The lowest BCUT2D eigenvalue weighted by atomic mass is 10.4. The second kappa shape index (κ2) is 5.96. The van der Waals surface area contributed by atoms with Crippen LogP contribution in [0.15, 0.2) is 12.4 Å². The summed E-state index contributed by atoms with van der Waals surface area (Å²) in [6, 6.07) is 0. The molecule has 0 atom stereocenters. The Labute approximate surface area is 108 Å². The maximum absolute atomic E-state index is 11.1. The summed E-state index contributed by atoms with van der Waals surface area (Å²) in [4.78, 5) is 21.3. The highest BCUT2D eigenvalue weighted by atomic mass is 32.1. The number of rotatable bonds is 3. The largest absolute Gasteiger partial charge is 0.450 e. The topological polar surface area (TPSA) is 98.4 Å². The molecule has 2 N–H and O–H groups in total. The third kappa shape index (κ3) is 3.70. The smallest absolute Gasteiger partial charge is 0.413 e. The van der Waals surface area contributed by atoms with Crippen LogP contribution in [-0.4, -0.2) is 27.3 Å². The predicted molar refractivity (Wildman–Crippen MR) is 68.4 cm³/mol. The van der Waals surface area contributed by atoms with E-state index in [0.717, 1.165) is 0 Å². The van der Waals surface area contributed by atoms with Crippen LogP contribution in [0.4, 0.5) is 16.2 Å². The van der Waals surface area contributed by atoms with Gasteiger partial charge in [0.25, 0.3) is 0 Å². The van der Waals surface area contributed by atoms with E-state index in [4.69, 9.17) is 12.2 Å². The van der Waals surface area contributed by atoms with Crippen molar-refractivity contribution >= 4 is 34.8 Å². The highest BCUT2D eigenvalue weighted by molar-refractivity contribution is 7.80. The van der Waals surface area contributed by atoms with Gasteiger partial charge in [0.05, 0.1) is 17.7 Å². The van der Waals surface area contributed by atoms with Crippen molar-refractivity contribution in [1.82, 2.24) is 9.88 Å². The third-order valence-corrected chi connectivity index (χ3v) is 2.07. The van der Waals surface area contributed by atoms with Crippen LogP contribution in [0, 0.1) is 10.1 Å². The van der Waals surface area contributed by atoms with Gasteiger partial charge in [0.15, 0.2) is 5.11 Å². The van der Waals surface area contributed by atoms with Crippen LogP contribution in [0.25, 0.3) is 0 Å². The number of ether oxygens (including phenoxy) is 1. The number of anilines is 1. The van der Waals surface area contributed by atoms with E-state index in [1.54, 1.807) is 14.0 Å². The zero-order valence-corrected chi connectivity index (χ0v) is 10.6. The van der Waals surface area contributed by atoms with E-state index in [2.05, 4.69) is 15.4 Å². The van der Waals surface area contributed by atoms with Gasteiger partial charge in [-0.25, -0.2) is 4.79 Å². The molecule has 1 aromatic rings. The average molecular weight is 272 g/mol. The first-order valence-corrected chi connectivity index (χ1v) is 5.40. The Hall–Kier alpha value is -2.16. The number of aromatic nitrogens is 1. The lowest BCUT2D eigenvalue weighted by Gasteiger charge is -2.07. The number of hydrogen-bond acceptors (Lipinski definition) is 5. The van der Waals surface area contributed by atoms with E-state index < -0.39 is 11.0 Å². The van der Waals surface area contributed by atoms with E-state index in [9.17, 15) is 14.9 Å². The SMILES string of the molecule is CCOC(=O)NC(=S)Nc1cn(C)cc1[N+](=O)[O-]. The van der Waals surface area contributed by atoms with Gasteiger partial charge < -0.3 is 14.6 Å². The quantitative estimate of drug-likeness (QED) is 0.490. The van der Waals surface area contributed by atoms with Gasteiger partial charge in [-0.3, -0.25) is 15.4 Å². The van der Waals surface area contributed by atoms with Gasteiger partial charge in [0.2, 0.25) is 0 Å². The minimum absolute atomic E-state index is 0.0669. The Bertz CT molecular complexity index is 485. The number of hydrogen-bond donors (Lipinski definition) is 2. The lowest BCUT2D eigenvalue weighted by molar-refractivity contribution is -0.383. The second-order valence-corrected chi connectivity index (χ2v) is 3.69. The molecular weight excluding hydrogens is 260 g/mol. The predicted octanol–water partition coefficient (Wildman–Crippen LogP) is 1.38. The Balaban J connectivity index is 2.70. The molecule has 1 amide bonds. The minimum Gasteiger partial charge on any atom is -0.450 e. The number of nitrogens with one attached hydrogen (secondary N) is 2. The van der Waals surface area contributed by atoms with Crippen molar-refractivity contribution in [2.75, 3.05) is 11.9 Å². The van der Waals surface area contributed by atoms with Crippen LogP contribution in [0.5, 0.6) is 0 Å². The molecule has 0 bridgehead atoms. The number of carbonyl (C=O) groups is 1. The monoisotopic (exact) mass is 272 g/mol. The van der Waals surface area contributed by atoms with E-state index in [0.29, 0.717) is 0 Å². The van der Waals surface area contributed by atoms with Crippen LogP contribution in [0.2, 0.25) is 0 Å². The average Bonchev–Trinajstić information content (AvgIpc) is 2.59. The van der Waals surface area contributed by atoms with Gasteiger partial charge in [-0.05, 0) is 19.1 Å². The molecule has 0 aliphatic heterocycles. The molecule has 18 heavy (non-hydrogen) atoms. The maximum atomic E-state index is 11.1. The van der Waals surface area contributed by atoms with Gasteiger partial charge in [-0.1, -0.05) is 0 Å². The summed E-state index contributed by atoms with van der Waals surface area (Å²) < 4.78 is 6.12. The molecule has 9 heteroatoms. The molecule has 0 aliphatic rings. The van der Waals surface area contributed by atoms with Crippen LogP contribution >= 0.6 is 12.2 Å². The first kappa shape index (κ1) is 13.9. The molecule has 0 spiro atoms. The van der Waals surface area contributed by atoms with Crippen molar-refractivity contribution in [3.8, 4) is 0 Å². The summed E-state index contributed by atoms with van der Waals surface area (Å²) in [6.07, 6.45) is 2.10. The van der Waals surface area contributed by atoms with Gasteiger partial charge in [-0.15, -0.1) is 0 Å². The fourth-order valence-corrected chi connectivity index (χ4v) is 1.42. The summed E-state index contributed by atoms with van der Waals surface area (Å²) in [5.74, 6) is 0. The molecule has 0 fully saturated rings. The number of alkyl carbamates (subject to hydrolysis) is 1. The Morgan fingerprint density at radius 2 is 2.28 bits per heavy atom. The van der Waals surface area contributed by atoms with Crippen LogP contribution in [0.1, 0.15) is 6.92 Å². The number of amides is 1. The number of thiocarbonyl (C=S) groups is 1. The Kier molecular flexibility index (Phi) is 4.60. The van der Waals surface area contributed by atoms with Crippen molar-refractivity contribution < 1.29 is 14.5 Å². The number of nitro groups is 1. The van der Waals surface area contributed by atoms with E-state index in [1.165, 1.54) is 17.0 Å². The summed E-state index contributed by atoms with van der Waals surface area (Å²) >= 11 is 4.83. The van der Waals surface area contributed by atoms with Gasteiger partial charge >= 0.3 is 11.8 Å². The molecule has 1 heterocycles. The number of aryl methyl sites for hydroxylation is 1. The molecule has 1 aromatic heterocycles. The summed E-state index contributed by atoms with van der Waals surface area (Å²) in [7, 11) is 1.64. The number of carbonyl (C=O) groups excluding carboxylic acids is 1. The highest BCUT2D eigenvalue weighted by Crippen LogP contribution is 2.24. The minimum atomic E-state index is -0.714. The van der Waals surface area contributed by atoms with Crippen LogP contribution < -0.4 is 10.6 Å². The van der Waals surface area contributed by atoms with Crippen molar-refractivity contribution in [3.63, 3.8) is 0 Å². The zero-order valence-electron chi connectivity index (χ0n) is 9.80. The van der Waals surface area contributed by atoms with E-state index >= 15 is 0 Å². The van der Waals surface area contributed by atoms with Crippen LogP contribution in [-0.2, 0) is 11.8 Å². The maximum Gasteiger partial charge on any atom is 0.413 e. The fraction of sp³-hybridized carbons (Fsp3) is 0.333. The summed E-state index contributed by atoms with van der Waals surface area (Å²) in [6.45, 7) is 1.86. The molecule has 0 unspecified atom stereocenters. The van der Waals surface area contributed by atoms with Crippen molar-refractivity contribution in [2.45, 2.75) is 6.92 Å². The molecule has 8 nitrogen and oxygen atoms in total. The van der Waals surface area contributed by atoms with E-state index in [-0.39, 0.29) is 23.1 Å². The molecule has 0 saturated carbocycles. The van der Waals surface area contributed by atoms with Crippen molar-refractivity contribution in [2.24, 2.45) is 7.05 Å². The van der Waals surface area contributed by atoms with Crippen LogP contribution in [0.3, 0.4) is 0 Å². The van der Waals surface area contributed by atoms with Gasteiger partial charge in [0.1, 0.15) is 5.69 Å². The lowest BCUT2D eigenvalue weighted by Crippen LogP contribution is -2.34. The second-order valence-electron chi connectivity index (χ2n) is 3.28. The summed E-state index contributed by atoms with van der Waals surface area (Å²) in [5, 5.41) is 15.5. The molecule has 98 valence electrons. The molecule has 1 rings (SSSR count). The standard InChI is InChI=1S/C9H12N4O4S/c1-3-17-9(14)11-8(18)10-6-4-12(2)5-7(6)13(15)16/h4-5H,3H2,1-2H3,(H2,10,11,14,18). The highest BCUT2D eigenvalue weighted by Gasteiger charge is 2.17.